The highest BCUT2D eigenvalue weighted by molar-refractivity contribution is 7.53. The first-order chi connectivity index (χ1) is 9.73. The molecular weight excluding hydrogens is 297 g/mol. The van der Waals surface area contributed by atoms with Crippen LogP contribution in [-0.4, -0.2) is 59.7 Å². The zero-order valence-corrected chi connectivity index (χ0v) is 14.2. The number of hydroxylamine groups is 2. The number of hydrogen-bond donors (Lipinski definition) is 1. The molecule has 0 aliphatic carbocycles. The minimum atomic E-state index is -3.26. The molecule has 7 nitrogen and oxygen atoms in total. The molecule has 21 heavy (non-hydrogen) atoms. The molecular formula is C13H26NO6P. The Bertz CT molecular complexity index is 407. The Kier molecular flexibility index (Phi) is 5.15. The average Bonchev–Trinajstić information content (AvgIpc) is 2.79. The molecule has 2 aliphatic rings. The fraction of sp³-hybridized carbons (Fsp3) is 1.00. The minimum absolute atomic E-state index is 0.0795. The second kappa shape index (κ2) is 6.24. The molecule has 0 amide bonds. The van der Waals surface area contributed by atoms with Crippen LogP contribution in [-0.2, 0) is 23.1 Å². The molecule has 0 radical (unpaired) electrons. The van der Waals surface area contributed by atoms with E-state index in [0.717, 1.165) is 5.06 Å². The van der Waals surface area contributed by atoms with E-state index in [1.165, 1.54) is 0 Å². The van der Waals surface area contributed by atoms with Crippen molar-refractivity contribution in [3.8, 4) is 0 Å². The molecule has 0 aromatic carbocycles. The van der Waals surface area contributed by atoms with Gasteiger partial charge in [-0.3, -0.25) is 4.57 Å². The topological polar surface area (TPSA) is 77.5 Å². The molecule has 0 aromatic heterocycles. The highest BCUT2D eigenvalue weighted by Crippen LogP contribution is 2.52. The lowest BCUT2D eigenvalue weighted by Gasteiger charge is -2.29. The summed E-state index contributed by atoms with van der Waals surface area (Å²) in [7, 11) is -3.26. The van der Waals surface area contributed by atoms with Gasteiger partial charge in [0, 0.05) is 0 Å². The summed E-state index contributed by atoms with van der Waals surface area (Å²) in [4.78, 5) is 0. The Labute approximate surface area is 126 Å². The van der Waals surface area contributed by atoms with E-state index in [0.29, 0.717) is 13.2 Å². The summed E-state index contributed by atoms with van der Waals surface area (Å²) in [5.41, 5.74) is 0. The molecule has 1 N–H and O–H groups in total. The second-order valence-corrected chi connectivity index (χ2v) is 7.99. The third-order valence-electron chi connectivity index (χ3n) is 3.84. The zero-order chi connectivity index (χ0) is 15.8. The van der Waals surface area contributed by atoms with Crippen molar-refractivity contribution in [3.05, 3.63) is 0 Å². The van der Waals surface area contributed by atoms with Crippen LogP contribution < -0.4 is 0 Å². The van der Waals surface area contributed by atoms with Gasteiger partial charge in [-0.2, -0.15) is 5.06 Å². The SMILES string of the molecule is CCOP(=O)(C[C@H]1[C@@H]2OC(C)(C)O[C@@H]2[C@H](C)N1O)OCC. The summed E-state index contributed by atoms with van der Waals surface area (Å²) in [6.07, 6.45) is -0.531. The number of rotatable bonds is 6. The van der Waals surface area contributed by atoms with Gasteiger partial charge in [-0.1, -0.05) is 0 Å². The van der Waals surface area contributed by atoms with Crippen LogP contribution in [0.2, 0.25) is 0 Å². The van der Waals surface area contributed by atoms with Crippen molar-refractivity contribution >= 4 is 7.60 Å². The van der Waals surface area contributed by atoms with Crippen LogP contribution in [0.4, 0.5) is 0 Å². The third kappa shape index (κ3) is 3.50. The van der Waals surface area contributed by atoms with Gasteiger partial charge in [0.05, 0.1) is 31.5 Å². The molecule has 0 unspecified atom stereocenters. The molecule has 4 atom stereocenters. The predicted molar refractivity (Wildman–Crippen MR) is 76.4 cm³/mol. The van der Waals surface area contributed by atoms with Crippen molar-refractivity contribution < 1.29 is 28.3 Å². The molecule has 0 aromatic rings. The summed E-state index contributed by atoms with van der Waals surface area (Å²) in [5.74, 6) is -0.704. The van der Waals surface area contributed by atoms with Crippen molar-refractivity contribution in [2.45, 2.75) is 64.7 Å². The summed E-state index contributed by atoms with van der Waals surface area (Å²) in [6, 6.07) is -0.714. The lowest BCUT2D eigenvalue weighted by atomic mass is 10.1. The summed E-state index contributed by atoms with van der Waals surface area (Å²) < 4.78 is 35.0. The quantitative estimate of drug-likeness (QED) is 0.751. The van der Waals surface area contributed by atoms with Gasteiger partial charge in [0.1, 0.15) is 12.2 Å². The average molecular weight is 323 g/mol. The zero-order valence-electron chi connectivity index (χ0n) is 13.3. The van der Waals surface area contributed by atoms with Crippen LogP contribution in [0, 0.1) is 0 Å². The highest BCUT2D eigenvalue weighted by atomic mass is 31.2. The summed E-state index contributed by atoms with van der Waals surface area (Å²) >= 11 is 0. The van der Waals surface area contributed by atoms with Crippen molar-refractivity contribution in [2.24, 2.45) is 0 Å². The van der Waals surface area contributed by atoms with Crippen LogP contribution in [0.25, 0.3) is 0 Å². The van der Waals surface area contributed by atoms with E-state index in [9.17, 15) is 9.77 Å². The van der Waals surface area contributed by atoms with Crippen molar-refractivity contribution in [1.82, 2.24) is 5.06 Å². The van der Waals surface area contributed by atoms with E-state index in [-0.39, 0.29) is 24.4 Å². The normalized spacial score (nSPS) is 36.1. The van der Waals surface area contributed by atoms with Crippen LogP contribution >= 0.6 is 7.60 Å². The van der Waals surface area contributed by atoms with Gasteiger partial charge >= 0.3 is 7.60 Å². The molecule has 2 aliphatic heterocycles. The fourth-order valence-corrected chi connectivity index (χ4v) is 4.95. The molecule has 2 fully saturated rings. The standard InChI is InChI=1S/C13H26NO6P/c1-6-17-21(16,18-7-2)8-10-12-11(9(3)14(10)15)19-13(4,5)20-12/h9-12,15H,6-8H2,1-5H3/t9-,10-,11+,12-/m0/s1. The van der Waals surface area contributed by atoms with Gasteiger partial charge in [0.25, 0.3) is 0 Å². The van der Waals surface area contributed by atoms with E-state index in [2.05, 4.69) is 0 Å². The molecule has 8 heteroatoms. The highest BCUT2D eigenvalue weighted by Gasteiger charge is 2.57. The molecule has 0 spiro atoms. The van der Waals surface area contributed by atoms with Gasteiger partial charge in [-0.25, -0.2) is 0 Å². The first-order valence-corrected chi connectivity index (χ1v) is 9.17. The molecule has 2 heterocycles. The third-order valence-corrected chi connectivity index (χ3v) is 5.96. The number of ether oxygens (including phenoxy) is 2. The van der Waals surface area contributed by atoms with E-state index in [4.69, 9.17) is 18.5 Å². The second-order valence-electron chi connectivity index (χ2n) is 5.88. The summed E-state index contributed by atoms with van der Waals surface area (Å²) in [6.45, 7) is 9.64. The Morgan fingerprint density at radius 2 is 1.71 bits per heavy atom. The van der Waals surface area contributed by atoms with E-state index < -0.39 is 19.4 Å². The minimum Gasteiger partial charge on any atom is -0.343 e. The Morgan fingerprint density at radius 1 is 1.19 bits per heavy atom. The Balaban J connectivity index is 2.16. The van der Waals surface area contributed by atoms with E-state index in [1.54, 1.807) is 13.8 Å². The van der Waals surface area contributed by atoms with Gasteiger partial charge < -0.3 is 23.7 Å². The van der Waals surface area contributed by atoms with Crippen LogP contribution in [0.3, 0.4) is 0 Å². The number of hydrogen-bond acceptors (Lipinski definition) is 7. The van der Waals surface area contributed by atoms with Crippen LogP contribution in [0.5, 0.6) is 0 Å². The first kappa shape index (κ1) is 17.3. The monoisotopic (exact) mass is 323 g/mol. The van der Waals surface area contributed by atoms with Crippen LogP contribution in [0.15, 0.2) is 0 Å². The first-order valence-electron chi connectivity index (χ1n) is 7.44. The van der Waals surface area contributed by atoms with Crippen molar-refractivity contribution in [1.29, 1.82) is 0 Å². The van der Waals surface area contributed by atoms with Gasteiger partial charge in [-0.05, 0) is 34.6 Å². The fourth-order valence-electron chi connectivity index (χ4n) is 3.04. The maximum atomic E-state index is 12.7. The van der Waals surface area contributed by atoms with Crippen LogP contribution in [0.1, 0.15) is 34.6 Å². The molecule has 2 rings (SSSR count). The summed E-state index contributed by atoms with van der Waals surface area (Å²) in [5, 5.41) is 11.4. The maximum absolute atomic E-state index is 12.7. The molecule has 0 saturated carbocycles. The number of fused-ring (bicyclic) bond motifs is 1. The van der Waals surface area contributed by atoms with E-state index in [1.807, 2.05) is 20.8 Å². The largest absolute Gasteiger partial charge is 0.343 e. The maximum Gasteiger partial charge on any atom is 0.332 e. The van der Waals surface area contributed by atoms with Gasteiger partial charge in [0.2, 0.25) is 0 Å². The Hall–Kier alpha value is -0.0100. The van der Waals surface area contributed by atoms with Gasteiger partial charge in [0.15, 0.2) is 5.79 Å². The molecule has 124 valence electrons. The van der Waals surface area contributed by atoms with Crippen molar-refractivity contribution in [3.63, 3.8) is 0 Å². The van der Waals surface area contributed by atoms with E-state index >= 15 is 0 Å². The van der Waals surface area contributed by atoms with Crippen molar-refractivity contribution in [2.75, 3.05) is 19.4 Å². The smallest absolute Gasteiger partial charge is 0.332 e. The predicted octanol–water partition coefficient (Wildman–Crippen LogP) is 2.23. The lowest BCUT2D eigenvalue weighted by Crippen LogP contribution is -2.41. The van der Waals surface area contributed by atoms with Gasteiger partial charge in [-0.15, -0.1) is 0 Å². The number of nitrogens with zero attached hydrogens (tertiary/aromatic N) is 1. The lowest BCUT2D eigenvalue weighted by molar-refractivity contribution is -0.210. The Morgan fingerprint density at radius 3 is 2.24 bits per heavy atom. The molecule has 0 bridgehead atoms. The molecule has 2 saturated heterocycles.